The lowest BCUT2D eigenvalue weighted by molar-refractivity contribution is -0.384. The number of hydrogen-bond acceptors (Lipinski definition) is 5. The molecule has 2 N–H and O–H groups in total. The second-order valence-electron chi connectivity index (χ2n) is 5.07. The van der Waals surface area contributed by atoms with Gasteiger partial charge in [-0.3, -0.25) is 14.9 Å². The summed E-state index contributed by atoms with van der Waals surface area (Å²) in [7, 11) is -3.96. The number of rotatable bonds is 7. The Kier molecular flexibility index (Phi) is 5.95. The number of nitro groups is 1. The summed E-state index contributed by atoms with van der Waals surface area (Å²) < 4.78 is 52.4. The van der Waals surface area contributed by atoms with Crippen LogP contribution in [0.2, 0.25) is 0 Å². The number of non-ortho nitro benzene ring substituents is 1. The normalized spacial score (nSPS) is 11.2. The molecule has 0 fully saturated rings. The molecule has 0 spiro atoms. The van der Waals surface area contributed by atoms with Crippen LogP contribution in [0, 0.1) is 21.7 Å². The van der Waals surface area contributed by atoms with Crippen molar-refractivity contribution in [3.8, 4) is 0 Å². The number of nitrogens with one attached hydrogen (secondary N) is 2. The summed E-state index contributed by atoms with van der Waals surface area (Å²) in [5, 5.41) is 12.7. The number of nitrogens with zero attached hydrogens (tertiary/aromatic N) is 1. The first-order valence-corrected chi connectivity index (χ1v) is 8.66. The van der Waals surface area contributed by atoms with E-state index in [1.165, 1.54) is 0 Å². The van der Waals surface area contributed by atoms with Gasteiger partial charge in [0.2, 0.25) is 15.9 Å². The van der Waals surface area contributed by atoms with Gasteiger partial charge >= 0.3 is 0 Å². The predicted octanol–water partition coefficient (Wildman–Crippen LogP) is 2.18. The smallest absolute Gasteiger partial charge is 0.269 e. The summed E-state index contributed by atoms with van der Waals surface area (Å²) in [4.78, 5) is 21.4. The number of carbonyl (C=O) groups excluding carboxylic acids is 1. The van der Waals surface area contributed by atoms with E-state index in [9.17, 15) is 32.1 Å². The van der Waals surface area contributed by atoms with Gasteiger partial charge in [-0.05, 0) is 24.3 Å². The molecule has 26 heavy (non-hydrogen) atoms. The van der Waals surface area contributed by atoms with Gasteiger partial charge in [0, 0.05) is 31.2 Å². The lowest BCUT2D eigenvalue weighted by Gasteiger charge is -2.08. The van der Waals surface area contributed by atoms with Crippen LogP contribution >= 0.6 is 0 Å². The second kappa shape index (κ2) is 7.97. The van der Waals surface area contributed by atoms with Gasteiger partial charge in [0.15, 0.2) is 0 Å². The highest BCUT2D eigenvalue weighted by Crippen LogP contribution is 2.16. The van der Waals surface area contributed by atoms with Crippen LogP contribution in [0.5, 0.6) is 0 Å². The van der Waals surface area contributed by atoms with Gasteiger partial charge in [-0.25, -0.2) is 21.9 Å². The summed E-state index contributed by atoms with van der Waals surface area (Å²) in [6.07, 6.45) is -0.303. The highest BCUT2D eigenvalue weighted by molar-refractivity contribution is 7.89. The van der Waals surface area contributed by atoms with Crippen molar-refractivity contribution in [1.82, 2.24) is 4.72 Å². The van der Waals surface area contributed by atoms with E-state index in [4.69, 9.17) is 0 Å². The van der Waals surface area contributed by atoms with Crippen molar-refractivity contribution in [3.63, 3.8) is 0 Å². The average Bonchev–Trinajstić information content (AvgIpc) is 2.57. The number of nitro benzene ring substituents is 1. The highest BCUT2D eigenvalue weighted by Gasteiger charge is 2.16. The third-order valence-electron chi connectivity index (χ3n) is 3.21. The summed E-state index contributed by atoms with van der Waals surface area (Å²) in [6.45, 7) is -0.284. The standard InChI is InChI=1S/C15H13F2N3O5S/c16-10-1-6-14(13(17)9-10)19-15(21)7-8-18-26(24,25)12-4-2-11(3-5-12)20(22)23/h1-6,9,18H,7-8H2,(H,19,21). The van der Waals surface area contributed by atoms with Crippen molar-refractivity contribution in [2.75, 3.05) is 11.9 Å². The number of sulfonamides is 1. The average molecular weight is 385 g/mol. The van der Waals surface area contributed by atoms with Gasteiger partial charge in [0.1, 0.15) is 11.6 Å². The molecule has 0 saturated carbocycles. The molecule has 8 nitrogen and oxygen atoms in total. The summed E-state index contributed by atoms with van der Waals surface area (Å²) in [5.41, 5.74) is -0.487. The molecule has 0 heterocycles. The molecule has 0 bridgehead atoms. The first-order valence-electron chi connectivity index (χ1n) is 7.18. The fourth-order valence-corrected chi connectivity index (χ4v) is 2.96. The molecule has 0 atom stereocenters. The number of benzene rings is 2. The van der Waals surface area contributed by atoms with Crippen molar-refractivity contribution in [2.45, 2.75) is 11.3 Å². The monoisotopic (exact) mass is 385 g/mol. The maximum atomic E-state index is 13.4. The largest absolute Gasteiger partial charge is 0.324 e. The molecule has 0 radical (unpaired) electrons. The van der Waals surface area contributed by atoms with Crippen LogP contribution in [0.25, 0.3) is 0 Å². The van der Waals surface area contributed by atoms with Crippen molar-refractivity contribution in [1.29, 1.82) is 0 Å². The van der Waals surface area contributed by atoms with Gasteiger partial charge < -0.3 is 5.32 Å². The quantitative estimate of drug-likeness (QED) is 0.559. The molecular weight excluding hydrogens is 372 g/mol. The zero-order chi connectivity index (χ0) is 19.3. The fourth-order valence-electron chi connectivity index (χ4n) is 1.93. The second-order valence-corrected chi connectivity index (χ2v) is 6.84. The minimum absolute atomic E-state index is 0.201. The van der Waals surface area contributed by atoms with Crippen LogP contribution in [0.15, 0.2) is 47.4 Å². The van der Waals surface area contributed by atoms with Gasteiger partial charge in [0.05, 0.1) is 15.5 Å². The Labute approximate surface area is 147 Å². The zero-order valence-electron chi connectivity index (χ0n) is 13.1. The van der Waals surface area contributed by atoms with E-state index >= 15 is 0 Å². The van der Waals surface area contributed by atoms with Crippen LogP contribution in [-0.4, -0.2) is 25.8 Å². The number of hydrogen-bond donors (Lipinski definition) is 2. The minimum atomic E-state index is -3.96. The summed E-state index contributed by atoms with van der Waals surface area (Å²) in [6, 6.07) is 6.83. The molecule has 2 rings (SSSR count). The van der Waals surface area contributed by atoms with Crippen LogP contribution < -0.4 is 10.0 Å². The topological polar surface area (TPSA) is 118 Å². The van der Waals surface area contributed by atoms with E-state index in [0.717, 1.165) is 36.4 Å². The first kappa shape index (κ1) is 19.4. The Bertz CT molecular complexity index is 933. The molecular formula is C15H13F2N3O5S. The van der Waals surface area contributed by atoms with Gasteiger partial charge in [-0.2, -0.15) is 0 Å². The third kappa shape index (κ3) is 5.04. The van der Waals surface area contributed by atoms with Gasteiger partial charge in [0.25, 0.3) is 5.69 Å². The zero-order valence-corrected chi connectivity index (χ0v) is 13.9. The van der Waals surface area contributed by atoms with E-state index in [0.29, 0.717) is 6.07 Å². The predicted molar refractivity (Wildman–Crippen MR) is 87.9 cm³/mol. The molecule has 0 unspecified atom stereocenters. The molecule has 2 aromatic carbocycles. The molecule has 2 aromatic rings. The van der Waals surface area contributed by atoms with Gasteiger partial charge in [-0.1, -0.05) is 0 Å². The number of anilines is 1. The van der Waals surface area contributed by atoms with Crippen LogP contribution in [0.4, 0.5) is 20.2 Å². The Morgan fingerprint density at radius 3 is 2.35 bits per heavy atom. The molecule has 11 heteroatoms. The fraction of sp³-hybridized carbons (Fsp3) is 0.133. The molecule has 0 saturated heterocycles. The lowest BCUT2D eigenvalue weighted by atomic mass is 10.3. The van der Waals surface area contributed by atoms with Crippen molar-refractivity contribution < 1.29 is 26.9 Å². The Hall–Kier alpha value is -2.92. The summed E-state index contributed by atoms with van der Waals surface area (Å²) in [5.74, 6) is -2.43. The minimum Gasteiger partial charge on any atom is -0.324 e. The van der Waals surface area contributed by atoms with Crippen LogP contribution in [-0.2, 0) is 14.8 Å². The SMILES string of the molecule is O=C(CCNS(=O)(=O)c1ccc([N+](=O)[O-])cc1)Nc1ccc(F)cc1F. The Balaban J connectivity index is 1.91. The maximum absolute atomic E-state index is 13.4. The first-order chi connectivity index (χ1) is 12.2. The molecule has 0 aliphatic rings. The van der Waals surface area contributed by atoms with E-state index < -0.39 is 32.5 Å². The van der Waals surface area contributed by atoms with Crippen molar-refractivity contribution in [3.05, 3.63) is 64.2 Å². The number of carbonyl (C=O) groups is 1. The Morgan fingerprint density at radius 1 is 1.12 bits per heavy atom. The molecule has 0 aromatic heterocycles. The van der Waals surface area contributed by atoms with E-state index in [2.05, 4.69) is 10.0 Å². The van der Waals surface area contributed by atoms with Gasteiger partial charge in [-0.15, -0.1) is 0 Å². The molecule has 0 aliphatic heterocycles. The number of halogens is 2. The lowest BCUT2D eigenvalue weighted by Crippen LogP contribution is -2.28. The van der Waals surface area contributed by atoms with Crippen LogP contribution in [0.1, 0.15) is 6.42 Å². The maximum Gasteiger partial charge on any atom is 0.269 e. The highest BCUT2D eigenvalue weighted by atomic mass is 32.2. The van der Waals surface area contributed by atoms with Crippen LogP contribution in [0.3, 0.4) is 0 Å². The summed E-state index contributed by atoms with van der Waals surface area (Å²) >= 11 is 0. The molecule has 0 aliphatic carbocycles. The van der Waals surface area contributed by atoms with E-state index in [-0.39, 0.29) is 29.2 Å². The van der Waals surface area contributed by atoms with E-state index in [1.54, 1.807) is 0 Å². The van der Waals surface area contributed by atoms with E-state index in [1.807, 2.05) is 0 Å². The number of amides is 1. The van der Waals surface area contributed by atoms with Crippen molar-refractivity contribution in [2.24, 2.45) is 0 Å². The third-order valence-corrected chi connectivity index (χ3v) is 4.68. The Morgan fingerprint density at radius 2 is 1.77 bits per heavy atom. The molecule has 138 valence electrons. The van der Waals surface area contributed by atoms with Crippen molar-refractivity contribution >= 4 is 27.3 Å². The molecule has 1 amide bonds.